The maximum atomic E-state index is 13.2. The SMILES string of the molecule is COc1ccc(S(=O)(=O)N(C)C)cc1CCC(=O)Nc1ccc(C)c(S(=O)(=O)N2CCN(C)CC2)c1. The van der Waals surface area contributed by atoms with Crippen LogP contribution in [-0.4, -0.2) is 90.7 Å². The molecule has 1 aliphatic heterocycles. The topological polar surface area (TPSA) is 116 Å². The second-order valence-corrected chi connectivity index (χ2v) is 13.1. The average molecular weight is 539 g/mol. The molecule has 0 aromatic heterocycles. The number of piperazine rings is 1. The molecule has 1 aliphatic rings. The second kappa shape index (κ2) is 11.3. The van der Waals surface area contributed by atoms with E-state index in [1.54, 1.807) is 25.1 Å². The van der Waals surface area contributed by atoms with Crippen molar-refractivity contribution >= 4 is 31.6 Å². The van der Waals surface area contributed by atoms with Crippen molar-refractivity contribution in [2.24, 2.45) is 0 Å². The minimum Gasteiger partial charge on any atom is -0.496 e. The molecule has 0 radical (unpaired) electrons. The van der Waals surface area contributed by atoms with Gasteiger partial charge in [-0.25, -0.2) is 21.1 Å². The molecule has 12 heteroatoms. The summed E-state index contributed by atoms with van der Waals surface area (Å²) in [6, 6.07) is 9.38. The Labute approximate surface area is 213 Å². The van der Waals surface area contributed by atoms with Gasteiger partial charge < -0.3 is 15.0 Å². The predicted octanol–water partition coefficient (Wildman–Crippen LogP) is 1.76. The summed E-state index contributed by atoms with van der Waals surface area (Å²) in [5, 5.41) is 2.77. The molecule has 0 spiro atoms. The third-order valence-corrected chi connectivity index (χ3v) is 10.1. The number of hydrogen-bond donors (Lipinski definition) is 1. The van der Waals surface area contributed by atoms with Crippen LogP contribution in [-0.2, 0) is 31.3 Å². The summed E-state index contributed by atoms with van der Waals surface area (Å²) >= 11 is 0. The monoisotopic (exact) mass is 538 g/mol. The minimum absolute atomic E-state index is 0.0518. The molecule has 10 nitrogen and oxygen atoms in total. The number of sulfonamides is 2. The van der Waals surface area contributed by atoms with Gasteiger partial charge in [0, 0.05) is 52.4 Å². The van der Waals surface area contributed by atoms with Crippen molar-refractivity contribution in [2.75, 3.05) is 59.7 Å². The van der Waals surface area contributed by atoms with Gasteiger partial charge in [0.1, 0.15) is 5.75 Å². The van der Waals surface area contributed by atoms with Crippen molar-refractivity contribution < 1.29 is 26.4 Å². The van der Waals surface area contributed by atoms with E-state index in [1.165, 1.54) is 43.7 Å². The van der Waals surface area contributed by atoms with Crippen LogP contribution in [0.4, 0.5) is 5.69 Å². The average Bonchev–Trinajstić information content (AvgIpc) is 2.83. The Balaban J connectivity index is 1.74. The third-order valence-electron chi connectivity index (χ3n) is 6.20. The standard InChI is InChI=1S/C24H34N4O6S2/c1-18-6-8-20(17-23(18)36(32,33)28-14-12-27(4)13-15-28)25-24(29)11-7-19-16-21(9-10-22(19)34-5)35(30,31)26(2)3/h6,8-10,16-17H,7,11-15H2,1-5H3,(H,25,29). The van der Waals surface area contributed by atoms with E-state index in [-0.39, 0.29) is 28.5 Å². The Morgan fingerprint density at radius 3 is 2.31 bits per heavy atom. The van der Waals surface area contributed by atoms with Crippen LogP contribution in [0.25, 0.3) is 0 Å². The van der Waals surface area contributed by atoms with Crippen LogP contribution in [0.3, 0.4) is 0 Å². The maximum Gasteiger partial charge on any atom is 0.243 e. The Morgan fingerprint density at radius 1 is 1.03 bits per heavy atom. The summed E-state index contributed by atoms with van der Waals surface area (Å²) in [6.07, 6.45) is 0.292. The number of nitrogens with zero attached hydrogens (tertiary/aromatic N) is 3. The smallest absolute Gasteiger partial charge is 0.243 e. The van der Waals surface area contributed by atoms with Gasteiger partial charge in [0.15, 0.2) is 0 Å². The number of aryl methyl sites for hydroxylation is 2. The highest BCUT2D eigenvalue weighted by atomic mass is 32.2. The van der Waals surface area contributed by atoms with E-state index in [0.717, 1.165) is 4.31 Å². The zero-order chi connectivity index (χ0) is 26.7. The van der Waals surface area contributed by atoms with E-state index in [2.05, 4.69) is 10.2 Å². The Morgan fingerprint density at radius 2 is 1.69 bits per heavy atom. The molecule has 1 saturated heterocycles. The Bertz CT molecular complexity index is 1320. The molecule has 2 aromatic carbocycles. The van der Waals surface area contributed by atoms with E-state index in [1.807, 2.05) is 7.05 Å². The zero-order valence-corrected chi connectivity index (χ0v) is 22.9. The van der Waals surface area contributed by atoms with Crippen molar-refractivity contribution in [3.05, 3.63) is 47.5 Å². The number of nitrogens with one attached hydrogen (secondary N) is 1. The lowest BCUT2D eigenvalue weighted by Crippen LogP contribution is -2.47. The summed E-state index contributed by atoms with van der Waals surface area (Å²) in [7, 11) is -0.981. The van der Waals surface area contributed by atoms with Crippen LogP contribution in [0.1, 0.15) is 17.5 Å². The number of hydrogen-bond acceptors (Lipinski definition) is 7. The number of benzene rings is 2. The number of anilines is 1. The first-order valence-electron chi connectivity index (χ1n) is 11.5. The highest BCUT2D eigenvalue weighted by Crippen LogP contribution is 2.27. The minimum atomic E-state index is -3.69. The molecule has 0 bridgehead atoms. The van der Waals surface area contributed by atoms with Gasteiger partial charge in [0.25, 0.3) is 0 Å². The summed E-state index contributed by atoms with van der Waals surface area (Å²) in [5.74, 6) is 0.154. The number of carbonyl (C=O) groups is 1. The highest BCUT2D eigenvalue weighted by Gasteiger charge is 2.29. The third kappa shape index (κ3) is 6.24. The fraction of sp³-hybridized carbons (Fsp3) is 0.458. The fourth-order valence-corrected chi connectivity index (χ4v) is 6.54. The molecule has 0 saturated carbocycles. The molecule has 2 aromatic rings. The van der Waals surface area contributed by atoms with E-state index in [9.17, 15) is 21.6 Å². The van der Waals surface area contributed by atoms with Crippen LogP contribution >= 0.6 is 0 Å². The lowest BCUT2D eigenvalue weighted by atomic mass is 10.1. The molecule has 1 fully saturated rings. The lowest BCUT2D eigenvalue weighted by Gasteiger charge is -2.32. The Kier molecular flexibility index (Phi) is 8.78. The maximum absolute atomic E-state index is 13.2. The first kappa shape index (κ1) is 28.1. The van der Waals surface area contributed by atoms with Crippen LogP contribution in [0, 0.1) is 6.92 Å². The van der Waals surface area contributed by atoms with Crippen LogP contribution in [0.2, 0.25) is 0 Å². The van der Waals surface area contributed by atoms with E-state index >= 15 is 0 Å². The van der Waals surface area contributed by atoms with Crippen molar-refractivity contribution in [3.63, 3.8) is 0 Å². The molecule has 0 unspecified atom stereocenters. The second-order valence-electron chi connectivity index (χ2n) is 9.00. The summed E-state index contributed by atoms with van der Waals surface area (Å²) in [6.45, 7) is 3.89. The number of amides is 1. The highest BCUT2D eigenvalue weighted by molar-refractivity contribution is 7.89. The number of ether oxygens (including phenoxy) is 1. The van der Waals surface area contributed by atoms with Crippen molar-refractivity contribution in [2.45, 2.75) is 29.6 Å². The van der Waals surface area contributed by atoms with Gasteiger partial charge in [-0.3, -0.25) is 4.79 Å². The molecule has 1 amide bonds. The van der Waals surface area contributed by atoms with Crippen molar-refractivity contribution in [3.8, 4) is 5.75 Å². The van der Waals surface area contributed by atoms with Crippen LogP contribution in [0.15, 0.2) is 46.2 Å². The van der Waals surface area contributed by atoms with Gasteiger partial charge in [-0.2, -0.15) is 4.31 Å². The summed E-state index contributed by atoms with van der Waals surface area (Å²) in [5.41, 5.74) is 1.57. The van der Waals surface area contributed by atoms with Gasteiger partial charge in [-0.15, -0.1) is 0 Å². The van der Waals surface area contributed by atoms with Crippen LogP contribution in [0.5, 0.6) is 5.75 Å². The molecule has 1 N–H and O–H groups in total. The van der Waals surface area contributed by atoms with Gasteiger partial charge in [0.05, 0.1) is 16.9 Å². The van der Waals surface area contributed by atoms with Crippen LogP contribution < -0.4 is 10.1 Å². The number of carbonyl (C=O) groups excluding carboxylic acids is 1. The fourth-order valence-electron chi connectivity index (χ4n) is 3.92. The Hall–Kier alpha value is -2.51. The molecule has 0 aliphatic carbocycles. The molecular weight excluding hydrogens is 504 g/mol. The van der Waals surface area contributed by atoms with Crippen molar-refractivity contribution in [1.82, 2.24) is 13.5 Å². The predicted molar refractivity (Wildman–Crippen MR) is 138 cm³/mol. The molecule has 0 atom stereocenters. The molecule has 198 valence electrons. The normalized spacial score (nSPS) is 15.7. The molecular formula is C24H34N4O6S2. The first-order chi connectivity index (χ1) is 16.9. The van der Waals surface area contributed by atoms with E-state index < -0.39 is 20.0 Å². The quantitative estimate of drug-likeness (QED) is 0.517. The molecule has 36 heavy (non-hydrogen) atoms. The number of rotatable bonds is 9. The van der Waals surface area contributed by atoms with Gasteiger partial charge in [-0.05, 0) is 61.9 Å². The summed E-state index contributed by atoms with van der Waals surface area (Å²) in [4.78, 5) is 15.1. The van der Waals surface area contributed by atoms with Crippen molar-refractivity contribution in [1.29, 1.82) is 0 Å². The van der Waals surface area contributed by atoms with E-state index in [4.69, 9.17) is 4.74 Å². The number of methoxy groups -OCH3 is 1. The first-order valence-corrected chi connectivity index (χ1v) is 14.4. The largest absolute Gasteiger partial charge is 0.496 e. The van der Waals surface area contributed by atoms with Gasteiger partial charge in [0.2, 0.25) is 26.0 Å². The number of likely N-dealkylation sites (N-methyl/N-ethyl adjacent to an activating group) is 1. The molecule has 1 heterocycles. The summed E-state index contributed by atoms with van der Waals surface area (Å²) < 4.78 is 59.4. The molecule has 3 rings (SSSR count). The van der Waals surface area contributed by atoms with Gasteiger partial charge >= 0.3 is 0 Å². The van der Waals surface area contributed by atoms with Gasteiger partial charge in [-0.1, -0.05) is 6.07 Å². The van der Waals surface area contributed by atoms with E-state index in [0.29, 0.717) is 48.7 Å². The lowest BCUT2D eigenvalue weighted by molar-refractivity contribution is -0.116. The zero-order valence-electron chi connectivity index (χ0n) is 21.3.